The van der Waals surface area contributed by atoms with Gasteiger partial charge in [-0.25, -0.2) is 0 Å². The van der Waals surface area contributed by atoms with Crippen LogP contribution in [0.25, 0.3) is 0 Å². The Labute approximate surface area is 75.4 Å². The minimum absolute atomic E-state index is 1.04. The predicted molar refractivity (Wildman–Crippen MR) is 52.0 cm³/mol. The van der Waals surface area contributed by atoms with Crippen LogP contribution in [0, 0.1) is 17.8 Å². The fraction of sp³-hybridized carbons (Fsp3) is 0.818. The first-order valence-corrected chi connectivity index (χ1v) is 5.04. The van der Waals surface area contributed by atoms with E-state index in [1.54, 1.807) is 0 Å². The Bertz CT molecular complexity index is 191. The summed E-state index contributed by atoms with van der Waals surface area (Å²) >= 11 is 0. The molecule has 1 saturated carbocycles. The summed E-state index contributed by atoms with van der Waals surface area (Å²) in [6.45, 7) is 10.7. The summed E-state index contributed by atoms with van der Waals surface area (Å²) in [6, 6.07) is 0. The van der Waals surface area contributed by atoms with Crippen LogP contribution in [0.1, 0.15) is 20.8 Å². The molecule has 1 aliphatic carbocycles. The molecule has 0 bridgehead atoms. The number of piperidine rings is 1. The quantitative estimate of drug-likeness (QED) is 0.567. The molecular formula is C11H19N. The van der Waals surface area contributed by atoms with Crippen molar-refractivity contribution in [2.75, 3.05) is 19.6 Å². The highest BCUT2D eigenvalue weighted by Gasteiger charge is 2.52. The van der Waals surface area contributed by atoms with Gasteiger partial charge in [0, 0.05) is 19.6 Å². The second-order valence-electron chi connectivity index (χ2n) is 4.69. The van der Waals surface area contributed by atoms with E-state index in [-0.39, 0.29) is 0 Å². The van der Waals surface area contributed by atoms with Gasteiger partial charge in [-0.2, -0.15) is 0 Å². The van der Waals surface area contributed by atoms with Gasteiger partial charge in [-0.3, -0.25) is 4.90 Å². The smallest absolute Gasteiger partial charge is 0.0165 e. The van der Waals surface area contributed by atoms with Crippen molar-refractivity contribution in [2.45, 2.75) is 20.8 Å². The predicted octanol–water partition coefficient (Wildman–Crippen LogP) is 2.15. The van der Waals surface area contributed by atoms with Gasteiger partial charge in [-0.1, -0.05) is 18.6 Å². The molecule has 0 N–H and O–H groups in total. The van der Waals surface area contributed by atoms with Gasteiger partial charge in [0.15, 0.2) is 0 Å². The van der Waals surface area contributed by atoms with Crippen LogP contribution in [0.5, 0.6) is 0 Å². The number of nitrogens with zero attached hydrogens (tertiary/aromatic N) is 1. The van der Waals surface area contributed by atoms with Crippen molar-refractivity contribution in [2.24, 2.45) is 17.8 Å². The minimum Gasteiger partial charge on any atom is -0.299 e. The molecule has 2 aliphatic rings. The molecule has 68 valence electrons. The highest BCUT2D eigenvalue weighted by Crippen LogP contribution is 2.50. The number of allylic oxidation sites excluding steroid dienone is 1. The Kier molecular flexibility index (Phi) is 1.99. The third-order valence-corrected chi connectivity index (χ3v) is 3.46. The molecule has 2 fully saturated rings. The molecule has 1 heterocycles. The zero-order valence-electron chi connectivity index (χ0n) is 8.38. The maximum Gasteiger partial charge on any atom is 0.0165 e. The van der Waals surface area contributed by atoms with Crippen LogP contribution in [-0.2, 0) is 0 Å². The van der Waals surface area contributed by atoms with Gasteiger partial charge < -0.3 is 0 Å². The van der Waals surface area contributed by atoms with E-state index < -0.39 is 0 Å². The molecule has 0 radical (unpaired) electrons. The van der Waals surface area contributed by atoms with Crippen LogP contribution in [0.4, 0.5) is 0 Å². The van der Waals surface area contributed by atoms with Crippen molar-refractivity contribution in [3.8, 4) is 0 Å². The lowest BCUT2D eigenvalue weighted by molar-refractivity contribution is 0.318. The van der Waals surface area contributed by atoms with Gasteiger partial charge in [0.05, 0.1) is 0 Å². The first-order valence-electron chi connectivity index (χ1n) is 5.04. The van der Waals surface area contributed by atoms with E-state index in [1.165, 1.54) is 25.2 Å². The normalized spacial score (nSPS) is 39.4. The van der Waals surface area contributed by atoms with Crippen molar-refractivity contribution in [1.29, 1.82) is 0 Å². The summed E-state index contributed by atoms with van der Waals surface area (Å²) < 4.78 is 0. The third-order valence-electron chi connectivity index (χ3n) is 3.46. The number of hydrogen-bond donors (Lipinski definition) is 0. The van der Waals surface area contributed by atoms with Crippen molar-refractivity contribution in [1.82, 2.24) is 4.90 Å². The highest BCUT2D eigenvalue weighted by molar-refractivity contribution is 5.05. The van der Waals surface area contributed by atoms with Gasteiger partial charge in [0.1, 0.15) is 0 Å². The summed E-state index contributed by atoms with van der Waals surface area (Å²) in [5.41, 5.74) is 1.45. The number of hydrogen-bond acceptors (Lipinski definition) is 1. The van der Waals surface area contributed by atoms with Gasteiger partial charge in [-0.15, -0.1) is 0 Å². The standard InChI is InChI=1S/C11H19N/c1-8(2)4-5-12-6-10-9(3)11(10)7-12/h4,9-11H,5-7H2,1-3H3. The van der Waals surface area contributed by atoms with E-state index in [1.807, 2.05) is 0 Å². The summed E-state index contributed by atoms with van der Waals surface area (Å²) in [6.07, 6.45) is 2.34. The van der Waals surface area contributed by atoms with E-state index in [4.69, 9.17) is 0 Å². The third kappa shape index (κ3) is 1.42. The maximum absolute atomic E-state index is 2.59. The average Bonchev–Trinajstić information content (AvgIpc) is 2.52. The van der Waals surface area contributed by atoms with Crippen molar-refractivity contribution in [3.05, 3.63) is 11.6 Å². The fourth-order valence-electron chi connectivity index (χ4n) is 2.37. The summed E-state index contributed by atoms with van der Waals surface area (Å²) in [7, 11) is 0. The van der Waals surface area contributed by atoms with Gasteiger partial charge in [0.25, 0.3) is 0 Å². The Morgan fingerprint density at radius 2 is 1.92 bits per heavy atom. The molecule has 1 heteroatoms. The molecule has 1 saturated heterocycles. The summed E-state index contributed by atoms with van der Waals surface area (Å²) in [5, 5.41) is 0. The minimum atomic E-state index is 1.04. The van der Waals surface area contributed by atoms with Crippen molar-refractivity contribution >= 4 is 0 Å². The van der Waals surface area contributed by atoms with Gasteiger partial charge >= 0.3 is 0 Å². The number of rotatable bonds is 2. The van der Waals surface area contributed by atoms with Crippen LogP contribution >= 0.6 is 0 Å². The second-order valence-corrected chi connectivity index (χ2v) is 4.69. The Balaban J connectivity index is 1.77. The monoisotopic (exact) mass is 165 g/mol. The van der Waals surface area contributed by atoms with E-state index >= 15 is 0 Å². The number of likely N-dealkylation sites (tertiary alicyclic amines) is 1. The van der Waals surface area contributed by atoms with E-state index in [0.717, 1.165) is 17.8 Å². The maximum atomic E-state index is 2.59. The molecule has 0 spiro atoms. The molecule has 2 unspecified atom stereocenters. The molecule has 2 rings (SSSR count). The Hall–Kier alpha value is -0.300. The van der Waals surface area contributed by atoms with E-state index in [9.17, 15) is 0 Å². The molecule has 0 aromatic carbocycles. The van der Waals surface area contributed by atoms with Crippen molar-refractivity contribution < 1.29 is 0 Å². The lowest BCUT2D eigenvalue weighted by Gasteiger charge is -2.16. The number of fused-ring (bicyclic) bond motifs is 1. The average molecular weight is 165 g/mol. The van der Waals surface area contributed by atoms with Crippen LogP contribution in [0.2, 0.25) is 0 Å². The lowest BCUT2D eigenvalue weighted by atomic mass is 10.3. The molecule has 0 aromatic heterocycles. The zero-order valence-corrected chi connectivity index (χ0v) is 8.38. The topological polar surface area (TPSA) is 3.24 Å². The van der Waals surface area contributed by atoms with Crippen molar-refractivity contribution in [3.63, 3.8) is 0 Å². The Morgan fingerprint density at radius 3 is 2.42 bits per heavy atom. The first kappa shape index (κ1) is 8.31. The molecular weight excluding hydrogens is 146 g/mol. The molecule has 0 aromatic rings. The van der Waals surface area contributed by atoms with Gasteiger partial charge in [-0.05, 0) is 31.6 Å². The SMILES string of the molecule is CC(C)=CCN1CC2C(C)C2C1. The van der Waals surface area contributed by atoms with E-state index in [0.29, 0.717) is 0 Å². The fourth-order valence-corrected chi connectivity index (χ4v) is 2.37. The van der Waals surface area contributed by atoms with Crippen LogP contribution < -0.4 is 0 Å². The highest BCUT2D eigenvalue weighted by atomic mass is 15.2. The zero-order chi connectivity index (χ0) is 8.72. The van der Waals surface area contributed by atoms with Gasteiger partial charge in [0.2, 0.25) is 0 Å². The second kappa shape index (κ2) is 2.88. The molecule has 12 heavy (non-hydrogen) atoms. The van der Waals surface area contributed by atoms with Crippen LogP contribution in [0.3, 0.4) is 0 Å². The molecule has 1 nitrogen and oxygen atoms in total. The lowest BCUT2D eigenvalue weighted by Crippen LogP contribution is -2.24. The molecule has 2 atom stereocenters. The molecule has 1 aliphatic heterocycles. The molecule has 0 amide bonds. The van der Waals surface area contributed by atoms with Crippen LogP contribution in [-0.4, -0.2) is 24.5 Å². The summed E-state index contributed by atoms with van der Waals surface area (Å²) in [4.78, 5) is 2.59. The largest absolute Gasteiger partial charge is 0.299 e. The van der Waals surface area contributed by atoms with E-state index in [2.05, 4.69) is 31.7 Å². The first-order chi connectivity index (χ1) is 5.68. The van der Waals surface area contributed by atoms with Crippen LogP contribution in [0.15, 0.2) is 11.6 Å². The Morgan fingerprint density at radius 1 is 1.33 bits per heavy atom. The summed E-state index contributed by atoms with van der Waals surface area (Å²) in [5.74, 6) is 3.14.